The molecule has 0 radical (unpaired) electrons. The molecule has 3 fully saturated rings. The van der Waals surface area contributed by atoms with E-state index in [0.29, 0.717) is 28.3 Å². The van der Waals surface area contributed by atoms with E-state index in [1.807, 2.05) is 24.3 Å². The second kappa shape index (κ2) is 8.83. The van der Waals surface area contributed by atoms with Crippen LogP contribution < -0.4 is 16.0 Å². The van der Waals surface area contributed by atoms with Crippen LogP contribution in [0.3, 0.4) is 0 Å². The molecule has 3 N–H and O–H groups in total. The third-order valence-corrected chi connectivity index (χ3v) is 8.26. The number of thiophene rings is 1. The third-order valence-electron chi connectivity index (χ3n) is 6.87. The topological polar surface area (TPSA) is 82.2 Å². The van der Waals surface area contributed by atoms with E-state index >= 15 is 0 Å². The Labute approximate surface area is 201 Å². The fourth-order valence-electron chi connectivity index (χ4n) is 4.95. The highest BCUT2D eigenvalue weighted by atomic mass is 35.5. The minimum absolute atomic E-state index is 0.00887. The van der Waals surface area contributed by atoms with Gasteiger partial charge in [0.2, 0.25) is 5.95 Å². The molecule has 1 aliphatic carbocycles. The van der Waals surface area contributed by atoms with Gasteiger partial charge in [-0.1, -0.05) is 17.7 Å². The second-order valence-corrected chi connectivity index (χ2v) is 10.8. The highest BCUT2D eigenvalue weighted by molar-refractivity contribution is 7.22. The summed E-state index contributed by atoms with van der Waals surface area (Å²) in [5.41, 5.74) is 1.40. The highest BCUT2D eigenvalue weighted by Gasteiger charge is 2.35. The Kier molecular flexibility index (Phi) is 5.70. The molecule has 2 unspecified atom stereocenters. The fourth-order valence-corrected chi connectivity index (χ4v) is 6.29. The molecule has 4 heterocycles. The number of rotatable bonds is 7. The summed E-state index contributed by atoms with van der Waals surface area (Å²) in [5.74, 6) is 2.17. The minimum Gasteiger partial charge on any atom is -0.353 e. The van der Waals surface area contributed by atoms with Crippen LogP contribution in [0.2, 0.25) is 5.02 Å². The first-order chi connectivity index (χ1) is 16.1. The Morgan fingerprint density at radius 3 is 2.85 bits per heavy atom. The number of carbonyl (C=O) groups is 1. The van der Waals surface area contributed by atoms with Crippen molar-refractivity contribution in [3.8, 4) is 10.6 Å². The van der Waals surface area contributed by atoms with Gasteiger partial charge in [0.25, 0.3) is 5.91 Å². The minimum atomic E-state index is -0.00887. The van der Waals surface area contributed by atoms with E-state index in [4.69, 9.17) is 16.6 Å². The second-order valence-electron chi connectivity index (χ2n) is 9.33. The van der Waals surface area contributed by atoms with Crippen molar-refractivity contribution in [1.29, 1.82) is 0 Å². The molecular formula is C24H27ClN6OS. The number of benzene rings is 1. The van der Waals surface area contributed by atoms with Crippen molar-refractivity contribution < 1.29 is 4.79 Å². The monoisotopic (exact) mass is 482 g/mol. The molecule has 1 saturated carbocycles. The van der Waals surface area contributed by atoms with Gasteiger partial charge in [-0.15, -0.1) is 11.3 Å². The van der Waals surface area contributed by atoms with Gasteiger partial charge in [0.05, 0.1) is 16.1 Å². The summed E-state index contributed by atoms with van der Waals surface area (Å²) in [6.07, 6.45) is 3.79. The first-order valence-electron chi connectivity index (χ1n) is 11.7. The molecule has 1 amide bonds. The molecule has 1 aromatic carbocycles. The van der Waals surface area contributed by atoms with Gasteiger partial charge < -0.3 is 20.9 Å². The van der Waals surface area contributed by atoms with Crippen molar-refractivity contribution in [2.75, 3.05) is 44.6 Å². The number of anilines is 1. The van der Waals surface area contributed by atoms with Gasteiger partial charge in [0.15, 0.2) is 0 Å². The number of fused-ring (bicyclic) bond motifs is 2. The number of carbonyl (C=O) groups excluding carboxylic acids is 1. The Hall–Kier alpha value is -2.26. The number of nitrogens with one attached hydrogen (secondary N) is 3. The smallest absolute Gasteiger partial charge is 0.252 e. The van der Waals surface area contributed by atoms with E-state index in [9.17, 15) is 4.79 Å². The SMILES string of the molecule is O=C(NC1CC1)c1cccc2sc(-c3nc(NCCN4CC5CNCC5C4)ncc3Cl)cc12. The summed E-state index contributed by atoms with van der Waals surface area (Å²) in [5, 5.41) is 11.4. The maximum Gasteiger partial charge on any atom is 0.252 e. The normalized spacial score (nSPS) is 22.6. The van der Waals surface area contributed by atoms with Gasteiger partial charge >= 0.3 is 0 Å². The van der Waals surface area contributed by atoms with Crippen LogP contribution in [0.1, 0.15) is 23.2 Å². The summed E-state index contributed by atoms with van der Waals surface area (Å²) < 4.78 is 1.05. The molecule has 2 aliphatic heterocycles. The van der Waals surface area contributed by atoms with Crippen molar-refractivity contribution in [3.63, 3.8) is 0 Å². The lowest BCUT2D eigenvalue weighted by Gasteiger charge is -2.17. The first-order valence-corrected chi connectivity index (χ1v) is 12.9. The molecule has 9 heteroatoms. The first kappa shape index (κ1) is 21.3. The van der Waals surface area contributed by atoms with Crippen LogP contribution in [-0.4, -0.2) is 66.1 Å². The Morgan fingerprint density at radius 1 is 1.24 bits per heavy atom. The van der Waals surface area contributed by atoms with E-state index in [1.54, 1.807) is 17.5 Å². The Morgan fingerprint density at radius 2 is 2.06 bits per heavy atom. The molecule has 3 aliphatic rings. The molecule has 2 aromatic heterocycles. The molecule has 3 aromatic rings. The summed E-state index contributed by atoms with van der Waals surface area (Å²) in [7, 11) is 0. The Bertz CT molecular complexity index is 1180. The van der Waals surface area contributed by atoms with E-state index in [-0.39, 0.29) is 5.91 Å². The Balaban J connectivity index is 1.17. The lowest BCUT2D eigenvalue weighted by Crippen LogP contribution is -2.30. The van der Waals surface area contributed by atoms with E-state index < -0.39 is 0 Å². The van der Waals surface area contributed by atoms with Crippen molar-refractivity contribution in [3.05, 3.63) is 41.0 Å². The van der Waals surface area contributed by atoms with Crippen LogP contribution in [0.5, 0.6) is 0 Å². The molecule has 0 spiro atoms. The molecule has 2 saturated heterocycles. The molecular weight excluding hydrogens is 456 g/mol. The highest BCUT2D eigenvalue weighted by Crippen LogP contribution is 2.37. The molecule has 2 atom stereocenters. The fraction of sp³-hybridized carbons (Fsp3) is 0.458. The van der Waals surface area contributed by atoms with Crippen LogP contribution >= 0.6 is 22.9 Å². The van der Waals surface area contributed by atoms with Gasteiger partial charge in [-0.3, -0.25) is 4.79 Å². The van der Waals surface area contributed by atoms with Crippen LogP contribution in [0.4, 0.5) is 5.95 Å². The number of aromatic nitrogens is 2. The molecule has 0 bridgehead atoms. The summed E-state index contributed by atoms with van der Waals surface area (Å²) in [6.45, 7) is 6.42. The number of amides is 1. The average molecular weight is 483 g/mol. The summed E-state index contributed by atoms with van der Waals surface area (Å²) >= 11 is 8.09. The number of hydrogen-bond donors (Lipinski definition) is 3. The lowest BCUT2D eigenvalue weighted by molar-refractivity contribution is 0.0953. The zero-order valence-corrected chi connectivity index (χ0v) is 19.9. The zero-order chi connectivity index (χ0) is 22.4. The van der Waals surface area contributed by atoms with Crippen LogP contribution in [0, 0.1) is 11.8 Å². The quantitative estimate of drug-likeness (QED) is 0.478. The lowest BCUT2D eigenvalue weighted by atomic mass is 10.0. The third kappa shape index (κ3) is 4.45. The van der Waals surface area contributed by atoms with Crippen molar-refractivity contribution >= 4 is 44.9 Å². The maximum atomic E-state index is 12.7. The van der Waals surface area contributed by atoms with Gasteiger partial charge in [0, 0.05) is 47.9 Å². The number of nitrogens with zero attached hydrogens (tertiary/aromatic N) is 3. The summed E-state index contributed by atoms with van der Waals surface area (Å²) in [6, 6.07) is 8.20. The number of hydrogen-bond acceptors (Lipinski definition) is 7. The number of likely N-dealkylation sites (tertiary alicyclic amines) is 1. The maximum absolute atomic E-state index is 12.7. The van der Waals surface area contributed by atoms with Gasteiger partial charge in [-0.2, -0.15) is 0 Å². The van der Waals surface area contributed by atoms with Gasteiger partial charge in [-0.25, -0.2) is 9.97 Å². The van der Waals surface area contributed by atoms with Crippen LogP contribution in [-0.2, 0) is 0 Å². The van der Waals surface area contributed by atoms with Crippen LogP contribution in [0.25, 0.3) is 20.7 Å². The standard InChI is InChI=1S/C24H27ClN6OS/c25-19-11-28-24(27-6-7-31-12-14-9-26-10-15(14)13-31)30-22(19)21-8-18-17(2-1-3-20(18)33-21)23(32)29-16-4-5-16/h1-3,8,11,14-16,26H,4-7,9-10,12-13H2,(H,29,32)(H,27,28,30). The van der Waals surface area contributed by atoms with Gasteiger partial charge in [0.1, 0.15) is 5.69 Å². The predicted octanol–water partition coefficient (Wildman–Crippen LogP) is 3.47. The molecule has 6 rings (SSSR count). The summed E-state index contributed by atoms with van der Waals surface area (Å²) in [4.78, 5) is 25.3. The largest absolute Gasteiger partial charge is 0.353 e. The van der Waals surface area contributed by atoms with Gasteiger partial charge in [-0.05, 0) is 56.0 Å². The van der Waals surface area contributed by atoms with Crippen molar-refractivity contribution in [1.82, 2.24) is 25.5 Å². The molecule has 33 heavy (non-hydrogen) atoms. The predicted molar refractivity (Wildman–Crippen MR) is 133 cm³/mol. The van der Waals surface area contributed by atoms with Crippen molar-refractivity contribution in [2.24, 2.45) is 11.8 Å². The van der Waals surface area contributed by atoms with E-state index in [0.717, 1.165) is 65.8 Å². The molecule has 7 nitrogen and oxygen atoms in total. The average Bonchev–Trinajstić information content (AvgIpc) is 3.18. The van der Waals surface area contributed by atoms with E-state index in [1.165, 1.54) is 13.1 Å². The van der Waals surface area contributed by atoms with Crippen molar-refractivity contribution in [2.45, 2.75) is 18.9 Å². The van der Waals surface area contributed by atoms with E-state index in [2.05, 4.69) is 25.8 Å². The molecule has 172 valence electrons. The zero-order valence-electron chi connectivity index (χ0n) is 18.3. The van der Waals surface area contributed by atoms with Crippen LogP contribution in [0.15, 0.2) is 30.5 Å². The number of halogens is 1.